The van der Waals surface area contributed by atoms with Crippen molar-refractivity contribution >= 4 is 0 Å². The average Bonchev–Trinajstić information content (AvgIpc) is 2.48. The van der Waals surface area contributed by atoms with Crippen molar-refractivity contribution in [2.24, 2.45) is 0 Å². The van der Waals surface area contributed by atoms with Crippen LogP contribution in [-0.2, 0) is 0 Å². The molecule has 2 aromatic rings. The Kier molecular flexibility index (Phi) is 4.86. The molecule has 2 rings (SSSR count). The number of benzene rings is 2. The van der Waals surface area contributed by atoms with Crippen molar-refractivity contribution in [2.45, 2.75) is 32.9 Å². The van der Waals surface area contributed by atoms with Crippen LogP contribution in [0.2, 0.25) is 0 Å². The van der Waals surface area contributed by atoms with Gasteiger partial charge in [-0.1, -0.05) is 35.9 Å². The second-order valence-electron chi connectivity index (χ2n) is 5.45. The van der Waals surface area contributed by atoms with Gasteiger partial charge in [-0.05, 0) is 44.0 Å². The van der Waals surface area contributed by atoms with Crippen LogP contribution >= 0.6 is 0 Å². The molecule has 0 fully saturated rings. The van der Waals surface area contributed by atoms with Crippen LogP contribution < -0.4 is 10.1 Å². The molecule has 3 heteroatoms. The summed E-state index contributed by atoms with van der Waals surface area (Å²) in [5.74, 6) is 0.671. The summed E-state index contributed by atoms with van der Waals surface area (Å²) in [5, 5.41) is 13.2. The van der Waals surface area contributed by atoms with E-state index in [1.165, 1.54) is 11.1 Å². The molecule has 0 saturated heterocycles. The molecule has 2 atom stereocenters. The minimum absolute atomic E-state index is 0.163. The van der Waals surface area contributed by atoms with Gasteiger partial charge in [0.2, 0.25) is 0 Å². The van der Waals surface area contributed by atoms with Crippen LogP contribution in [0.3, 0.4) is 0 Å². The van der Waals surface area contributed by atoms with Gasteiger partial charge in [-0.15, -0.1) is 0 Å². The molecule has 0 heterocycles. The Labute approximate surface area is 126 Å². The van der Waals surface area contributed by atoms with Gasteiger partial charge in [-0.2, -0.15) is 0 Å². The average molecular weight is 285 g/mol. The molecule has 2 N–H and O–H groups in total. The van der Waals surface area contributed by atoms with Crippen LogP contribution in [-0.4, -0.2) is 12.2 Å². The number of methoxy groups -OCH3 is 1. The van der Waals surface area contributed by atoms with E-state index in [-0.39, 0.29) is 17.8 Å². The van der Waals surface area contributed by atoms with Gasteiger partial charge < -0.3 is 15.2 Å². The number of hydrogen-bond donors (Lipinski definition) is 2. The smallest absolute Gasteiger partial charge is 0.160 e. The number of ether oxygens (including phenoxy) is 1. The number of rotatable bonds is 5. The first-order valence-corrected chi connectivity index (χ1v) is 7.20. The zero-order chi connectivity index (χ0) is 15.4. The zero-order valence-corrected chi connectivity index (χ0v) is 13.1. The molecule has 0 aromatic heterocycles. The van der Waals surface area contributed by atoms with Crippen LogP contribution in [0.15, 0.2) is 42.5 Å². The minimum Gasteiger partial charge on any atom is -0.504 e. The third kappa shape index (κ3) is 3.76. The maximum absolute atomic E-state index is 9.66. The first-order chi connectivity index (χ1) is 10.0. The highest BCUT2D eigenvalue weighted by atomic mass is 16.5. The molecule has 0 amide bonds. The van der Waals surface area contributed by atoms with Crippen molar-refractivity contribution < 1.29 is 9.84 Å². The highest BCUT2D eigenvalue weighted by Crippen LogP contribution is 2.29. The maximum Gasteiger partial charge on any atom is 0.160 e. The lowest BCUT2D eigenvalue weighted by atomic mass is 10.0. The number of nitrogens with one attached hydrogen (secondary N) is 1. The van der Waals surface area contributed by atoms with Crippen LogP contribution in [0, 0.1) is 6.92 Å². The molecule has 0 spiro atoms. The summed E-state index contributed by atoms with van der Waals surface area (Å²) in [6.07, 6.45) is 0. The van der Waals surface area contributed by atoms with Crippen LogP contribution in [0.5, 0.6) is 11.5 Å². The number of aryl methyl sites for hydroxylation is 1. The van der Waals surface area contributed by atoms with Crippen molar-refractivity contribution in [2.75, 3.05) is 7.11 Å². The lowest BCUT2D eigenvalue weighted by Crippen LogP contribution is -2.22. The normalized spacial score (nSPS) is 13.7. The Morgan fingerprint density at radius 1 is 0.952 bits per heavy atom. The number of phenols is 1. The van der Waals surface area contributed by atoms with E-state index < -0.39 is 0 Å². The van der Waals surface area contributed by atoms with Crippen molar-refractivity contribution in [3.63, 3.8) is 0 Å². The topological polar surface area (TPSA) is 41.5 Å². The van der Waals surface area contributed by atoms with Crippen LogP contribution in [0.25, 0.3) is 0 Å². The molecular formula is C18H23NO2. The van der Waals surface area contributed by atoms with Crippen molar-refractivity contribution in [3.05, 3.63) is 59.2 Å². The molecule has 0 aliphatic rings. The summed E-state index contributed by atoms with van der Waals surface area (Å²) in [6, 6.07) is 14.4. The Morgan fingerprint density at radius 2 is 1.52 bits per heavy atom. The fourth-order valence-electron chi connectivity index (χ4n) is 2.39. The van der Waals surface area contributed by atoms with Gasteiger partial charge in [0.15, 0.2) is 11.5 Å². The SMILES string of the molecule is COc1cc(C(C)NC(C)c2ccc(C)cc2)ccc1O. The number of aromatic hydroxyl groups is 1. The van der Waals surface area contributed by atoms with Gasteiger partial charge >= 0.3 is 0 Å². The van der Waals surface area contributed by atoms with E-state index in [2.05, 4.69) is 50.4 Å². The Bertz CT molecular complexity index is 593. The maximum atomic E-state index is 9.66. The first kappa shape index (κ1) is 15.4. The summed E-state index contributed by atoms with van der Waals surface area (Å²) >= 11 is 0. The summed E-state index contributed by atoms with van der Waals surface area (Å²) in [6.45, 7) is 6.35. The van der Waals surface area contributed by atoms with E-state index in [1.807, 2.05) is 12.1 Å². The molecule has 2 aromatic carbocycles. The Hall–Kier alpha value is -2.00. The number of phenolic OH excluding ortho intramolecular Hbond substituents is 1. The van der Waals surface area contributed by atoms with Crippen molar-refractivity contribution in [3.8, 4) is 11.5 Å². The first-order valence-electron chi connectivity index (χ1n) is 7.20. The molecule has 0 aliphatic carbocycles. The fraction of sp³-hybridized carbons (Fsp3) is 0.333. The van der Waals surface area contributed by atoms with Gasteiger partial charge in [-0.25, -0.2) is 0 Å². The standard InChI is InChI=1S/C18H23NO2/c1-12-5-7-15(8-6-12)13(2)19-14(3)16-9-10-17(20)18(11-16)21-4/h5-11,13-14,19-20H,1-4H3. The monoisotopic (exact) mass is 285 g/mol. The Morgan fingerprint density at radius 3 is 2.14 bits per heavy atom. The van der Waals surface area contributed by atoms with E-state index in [1.54, 1.807) is 13.2 Å². The summed E-state index contributed by atoms with van der Waals surface area (Å²) in [5.41, 5.74) is 3.61. The van der Waals surface area contributed by atoms with Crippen LogP contribution in [0.1, 0.15) is 42.6 Å². The van der Waals surface area contributed by atoms with Gasteiger partial charge in [0.05, 0.1) is 7.11 Å². The molecule has 0 radical (unpaired) electrons. The Balaban J connectivity index is 2.10. The van der Waals surface area contributed by atoms with Gasteiger partial charge in [0.25, 0.3) is 0 Å². The predicted molar refractivity (Wildman–Crippen MR) is 85.8 cm³/mol. The van der Waals surface area contributed by atoms with E-state index in [0.29, 0.717) is 5.75 Å². The third-order valence-corrected chi connectivity index (χ3v) is 3.78. The van der Waals surface area contributed by atoms with Crippen LogP contribution in [0.4, 0.5) is 0 Å². The van der Waals surface area contributed by atoms with Gasteiger partial charge in [0, 0.05) is 12.1 Å². The largest absolute Gasteiger partial charge is 0.504 e. The molecule has 2 unspecified atom stereocenters. The quantitative estimate of drug-likeness (QED) is 0.868. The highest BCUT2D eigenvalue weighted by molar-refractivity contribution is 5.42. The van der Waals surface area contributed by atoms with E-state index >= 15 is 0 Å². The van der Waals surface area contributed by atoms with E-state index in [9.17, 15) is 5.11 Å². The summed E-state index contributed by atoms with van der Waals surface area (Å²) in [7, 11) is 1.56. The lowest BCUT2D eigenvalue weighted by Gasteiger charge is -2.21. The molecular weight excluding hydrogens is 262 g/mol. The predicted octanol–water partition coefficient (Wildman–Crippen LogP) is 4.12. The second-order valence-corrected chi connectivity index (χ2v) is 5.45. The van der Waals surface area contributed by atoms with Crippen molar-refractivity contribution in [1.29, 1.82) is 0 Å². The zero-order valence-electron chi connectivity index (χ0n) is 13.1. The second kappa shape index (κ2) is 6.64. The molecule has 0 aliphatic heterocycles. The third-order valence-electron chi connectivity index (χ3n) is 3.78. The molecule has 21 heavy (non-hydrogen) atoms. The minimum atomic E-state index is 0.163. The molecule has 3 nitrogen and oxygen atoms in total. The van der Waals surface area contributed by atoms with Gasteiger partial charge in [0.1, 0.15) is 0 Å². The molecule has 0 saturated carbocycles. The number of hydrogen-bond acceptors (Lipinski definition) is 3. The summed E-state index contributed by atoms with van der Waals surface area (Å²) in [4.78, 5) is 0. The van der Waals surface area contributed by atoms with E-state index in [0.717, 1.165) is 5.56 Å². The van der Waals surface area contributed by atoms with Gasteiger partial charge in [-0.3, -0.25) is 0 Å². The molecule has 112 valence electrons. The lowest BCUT2D eigenvalue weighted by molar-refractivity contribution is 0.371. The highest BCUT2D eigenvalue weighted by Gasteiger charge is 2.13. The van der Waals surface area contributed by atoms with E-state index in [4.69, 9.17) is 4.74 Å². The summed E-state index contributed by atoms with van der Waals surface area (Å²) < 4.78 is 5.16. The fourth-order valence-corrected chi connectivity index (χ4v) is 2.39. The molecule has 0 bridgehead atoms. The van der Waals surface area contributed by atoms with Crippen molar-refractivity contribution in [1.82, 2.24) is 5.32 Å².